The van der Waals surface area contributed by atoms with E-state index in [0.29, 0.717) is 0 Å². The summed E-state index contributed by atoms with van der Waals surface area (Å²) in [5.74, 6) is -3.19. The molecule has 7 heteroatoms. The number of hydrogen-bond donors (Lipinski definition) is 2. The Balaban J connectivity index is 3.46. The van der Waals surface area contributed by atoms with Gasteiger partial charge >= 0.3 is 5.97 Å². The second kappa shape index (κ2) is 5.20. The number of aliphatic hydroxyl groups excluding tert-OH is 1. The predicted octanol–water partition coefficient (Wildman–Crippen LogP) is 1.61. The van der Waals surface area contributed by atoms with Crippen LogP contribution in [0.1, 0.15) is 11.7 Å². The molecule has 0 saturated heterocycles. The summed E-state index contributed by atoms with van der Waals surface area (Å²) in [6.07, 6.45) is -1.93. The maximum absolute atomic E-state index is 13.8. The smallest absolute Gasteiger partial charge is 0.337 e. The summed E-state index contributed by atoms with van der Waals surface area (Å²) in [5.41, 5.74) is -0.275. The molecule has 0 radical (unpaired) electrons. The molecule has 1 rings (SSSR count). The molecule has 0 spiro atoms. The Bertz CT molecular complexity index is 449. The molecule has 1 unspecified atom stereocenters. The van der Waals surface area contributed by atoms with E-state index in [2.05, 4.69) is 0 Å². The molecular formula is C10H10ClFO5. The summed E-state index contributed by atoms with van der Waals surface area (Å²) in [6.45, 7) is 0. The van der Waals surface area contributed by atoms with Crippen LogP contribution in [-0.2, 0) is 4.79 Å². The number of aliphatic carboxylic acids is 1. The molecule has 0 heterocycles. The molecule has 1 atom stereocenters. The minimum absolute atomic E-state index is 0.152. The number of rotatable bonds is 4. The molecule has 1 aromatic rings. The van der Waals surface area contributed by atoms with Crippen molar-refractivity contribution in [1.82, 2.24) is 0 Å². The van der Waals surface area contributed by atoms with Crippen LogP contribution in [-0.4, -0.2) is 30.4 Å². The van der Waals surface area contributed by atoms with Crippen LogP contribution >= 0.6 is 11.6 Å². The van der Waals surface area contributed by atoms with Gasteiger partial charge in [-0.25, -0.2) is 4.79 Å². The molecular weight excluding hydrogens is 255 g/mol. The third-order valence-corrected chi connectivity index (χ3v) is 2.38. The van der Waals surface area contributed by atoms with Crippen LogP contribution in [0, 0.1) is 5.82 Å². The highest BCUT2D eigenvalue weighted by Gasteiger charge is 2.27. The van der Waals surface area contributed by atoms with Crippen LogP contribution in [0.5, 0.6) is 11.5 Å². The van der Waals surface area contributed by atoms with Gasteiger partial charge in [0.25, 0.3) is 0 Å². The molecule has 0 aliphatic rings. The highest BCUT2D eigenvalue weighted by atomic mass is 35.5. The number of carboxylic acids is 1. The van der Waals surface area contributed by atoms with Gasteiger partial charge in [0.05, 0.1) is 19.2 Å². The number of benzene rings is 1. The number of methoxy groups -OCH3 is 2. The summed E-state index contributed by atoms with van der Waals surface area (Å²) in [4.78, 5) is 10.6. The average Bonchev–Trinajstić information content (AvgIpc) is 2.27. The van der Waals surface area contributed by atoms with Gasteiger partial charge in [-0.3, -0.25) is 0 Å². The van der Waals surface area contributed by atoms with E-state index in [1.165, 1.54) is 7.11 Å². The first-order valence-corrected chi connectivity index (χ1v) is 4.82. The van der Waals surface area contributed by atoms with E-state index in [-0.39, 0.29) is 16.3 Å². The van der Waals surface area contributed by atoms with E-state index in [0.717, 1.165) is 13.2 Å². The van der Waals surface area contributed by atoms with Crippen molar-refractivity contribution < 1.29 is 28.9 Å². The third-order valence-electron chi connectivity index (χ3n) is 2.10. The van der Waals surface area contributed by atoms with Gasteiger partial charge in [0.1, 0.15) is 0 Å². The molecule has 0 amide bonds. The maximum Gasteiger partial charge on any atom is 0.337 e. The zero-order valence-corrected chi connectivity index (χ0v) is 9.79. The Morgan fingerprint density at radius 2 is 1.94 bits per heavy atom. The van der Waals surface area contributed by atoms with Crippen molar-refractivity contribution in [3.63, 3.8) is 0 Å². The zero-order valence-electron chi connectivity index (χ0n) is 9.03. The first-order valence-electron chi connectivity index (χ1n) is 4.44. The summed E-state index contributed by atoms with van der Waals surface area (Å²) in [6, 6.07) is 1.08. The Hall–Kier alpha value is -1.53. The lowest BCUT2D eigenvalue weighted by molar-refractivity contribution is -0.147. The van der Waals surface area contributed by atoms with Crippen LogP contribution < -0.4 is 9.47 Å². The van der Waals surface area contributed by atoms with Crippen molar-refractivity contribution in [2.24, 2.45) is 0 Å². The van der Waals surface area contributed by atoms with Gasteiger partial charge in [0.2, 0.25) is 5.82 Å². The van der Waals surface area contributed by atoms with Crippen LogP contribution in [0.25, 0.3) is 0 Å². The molecule has 0 fully saturated rings. The summed E-state index contributed by atoms with van der Waals surface area (Å²) in [7, 11) is 2.35. The van der Waals surface area contributed by atoms with E-state index in [4.69, 9.17) is 26.2 Å². The van der Waals surface area contributed by atoms with Crippen LogP contribution in [0.3, 0.4) is 0 Å². The maximum atomic E-state index is 13.8. The van der Waals surface area contributed by atoms with Gasteiger partial charge in [-0.1, -0.05) is 11.6 Å². The van der Waals surface area contributed by atoms with Crippen molar-refractivity contribution >= 4 is 17.6 Å². The molecule has 0 aliphatic heterocycles. The molecule has 17 heavy (non-hydrogen) atoms. The second-order valence-corrected chi connectivity index (χ2v) is 3.48. The lowest BCUT2D eigenvalue weighted by atomic mass is 10.1. The normalized spacial score (nSPS) is 12.1. The first-order chi connectivity index (χ1) is 7.93. The van der Waals surface area contributed by atoms with E-state index in [9.17, 15) is 14.3 Å². The lowest BCUT2D eigenvalue weighted by Gasteiger charge is -2.15. The van der Waals surface area contributed by atoms with Crippen LogP contribution in [0.4, 0.5) is 4.39 Å². The van der Waals surface area contributed by atoms with Crippen molar-refractivity contribution in [2.75, 3.05) is 14.2 Å². The topological polar surface area (TPSA) is 76.0 Å². The molecule has 0 bridgehead atoms. The molecule has 0 aliphatic carbocycles. The standard InChI is InChI=1S/C10H10ClFO5/c1-16-8-4(7(13)10(14)15)3-5(11)9(17-2)6(8)12/h3,7,13H,1-2H3,(H,14,15). The number of halogens is 2. The van der Waals surface area contributed by atoms with E-state index in [1.54, 1.807) is 0 Å². The van der Waals surface area contributed by atoms with Gasteiger partial charge in [-0.15, -0.1) is 0 Å². The Labute approximate surface area is 101 Å². The molecule has 1 aromatic carbocycles. The first kappa shape index (κ1) is 13.5. The fourth-order valence-electron chi connectivity index (χ4n) is 1.33. The third kappa shape index (κ3) is 2.42. The number of ether oxygens (including phenoxy) is 2. The Morgan fingerprint density at radius 1 is 1.41 bits per heavy atom. The fourth-order valence-corrected chi connectivity index (χ4v) is 1.61. The van der Waals surface area contributed by atoms with Gasteiger partial charge in [0.15, 0.2) is 17.6 Å². The van der Waals surface area contributed by atoms with Crippen LogP contribution in [0.15, 0.2) is 6.07 Å². The highest BCUT2D eigenvalue weighted by Crippen LogP contribution is 2.39. The monoisotopic (exact) mass is 264 g/mol. The van der Waals surface area contributed by atoms with Crippen molar-refractivity contribution in [3.05, 3.63) is 22.5 Å². The quantitative estimate of drug-likeness (QED) is 0.864. The van der Waals surface area contributed by atoms with E-state index in [1.807, 2.05) is 0 Å². The highest BCUT2D eigenvalue weighted by molar-refractivity contribution is 6.32. The lowest BCUT2D eigenvalue weighted by Crippen LogP contribution is -2.13. The number of aliphatic hydroxyl groups is 1. The van der Waals surface area contributed by atoms with Crippen LogP contribution in [0.2, 0.25) is 5.02 Å². The molecule has 94 valence electrons. The van der Waals surface area contributed by atoms with E-state index >= 15 is 0 Å². The van der Waals surface area contributed by atoms with Crippen molar-refractivity contribution in [2.45, 2.75) is 6.10 Å². The summed E-state index contributed by atoms with van der Waals surface area (Å²) in [5, 5.41) is 17.9. The minimum atomic E-state index is -1.93. The summed E-state index contributed by atoms with van der Waals surface area (Å²) < 4.78 is 23.2. The average molecular weight is 265 g/mol. The SMILES string of the molecule is COc1c(Cl)cc(C(O)C(=O)O)c(OC)c1F. The van der Waals surface area contributed by atoms with E-state index < -0.39 is 23.6 Å². The number of carbonyl (C=O) groups is 1. The van der Waals surface area contributed by atoms with Gasteiger partial charge in [-0.2, -0.15) is 4.39 Å². The number of carboxylic acid groups (broad SMARTS) is 1. The largest absolute Gasteiger partial charge is 0.493 e. The molecule has 2 N–H and O–H groups in total. The van der Waals surface area contributed by atoms with Gasteiger partial charge in [0, 0.05) is 5.56 Å². The molecule has 0 aromatic heterocycles. The second-order valence-electron chi connectivity index (χ2n) is 3.07. The number of hydrogen-bond acceptors (Lipinski definition) is 4. The Morgan fingerprint density at radius 3 is 2.35 bits per heavy atom. The minimum Gasteiger partial charge on any atom is -0.493 e. The Kier molecular flexibility index (Phi) is 4.14. The molecule has 0 saturated carbocycles. The fraction of sp³-hybridized carbons (Fsp3) is 0.300. The summed E-state index contributed by atoms with van der Waals surface area (Å²) >= 11 is 5.69. The predicted molar refractivity (Wildman–Crippen MR) is 57.1 cm³/mol. The van der Waals surface area contributed by atoms with Gasteiger partial charge in [-0.05, 0) is 6.07 Å². The van der Waals surface area contributed by atoms with Gasteiger partial charge < -0.3 is 19.7 Å². The zero-order chi connectivity index (χ0) is 13.2. The van der Waals surface area contributed by atoms with Crippen molar-refractivity contribution in [1.29, 1.82) is 0 Å². The molecule has 5 nitrogen and oxygen atoms in total. The van der Waals surface area contributed by atoms with Crippen molar-refractivity contribution in [3.8, 4) is 11.5 Å².